The van der Waals surface area contributed by atoms with Gasteiger partial charge in [-0.2, -0.15) is 0 Å². The third-order valence-electron chi connectivity index (χ3n) is 2.42. The van der Waals surface area contributed by atoms with Gasteiger partial charge in [-0.25, -0.2) is 0 Å². The fourth-order valence-corrected chi connectivity index (χ4v) is 1.63. The van der Waals surface area contributed by atoms with E-state index in [1.807, 2.05) is 24.4 Å². The van der Waals surface area contributed by atoms with Gasteiger partial charge in [-0.3, -0.25) is 4.98 Å². The monoisotopic (exact) mass is 201 g/mol. The summed E-state index contributed by atoms with van der Waals surface area (Å²) in [7, 11) is 0. The van der Waals surface area contributed by atoms with Crippen LogP contribution in [-0.2, 0) is 0 Å². The number of nitrogens with zero attached hydrogens (tertiary/aromatic N) is 1. The molecule has 15 heavy (non-hydrogen) atoms. The number of nitrogens with two attached hydrogens (primary N) is 1. The summed E-state index contributed by atoms with van der Waals surface area (Å²) < 4.78 is 0. The quantitative estimate of drug-likeness (QED) is 0.750. The van der Waals surface area contributed by atoms with Crippen molar-refractivity contribution < 1.29 is 0 Å². The Bertz CT molecular complexity index is 465. The second kappa shape index (κ2) is 4.17. The van der Waals surface area contributed by atoms with E-state index in [2.05, 4.69) is 17.2 Å². The minimum Gasteiger partial charge on any atom is -0.398 e. The first-order valence-electron chi connectivity index (χ1n) is 5.19. The normalized spacial score (nSPS) is 10.5. The Labute approximate surface area is 89.3 Å². The van der Waals surface area contributed by atoms with Crippen molar-refractivity contribution in [3.05, 3.63) is 30.6 Å². The minimum atomic E-state index is 0.800. The van der Waals surface area contributed by atoms with E-state index in [4.69, 9.17) is 5.73 Å². The van der Waals surface area contributed by atoms with Gasteiger partial charge >= 0.3 is 0 Å². The average Bonchev–Trinajstić information content (AvgIpc) is 2.29. The van der Waals surface area contributed by atoms with Gasteiger partial charge in [0.2, 0.25) is 0 Å². The van der Waals surface area contributed by atoms with Crippen molar-refractivity contribution in [3.63, 3.8) is 0 Å². The van der Waals surface area contributed by atoms with E-state index < -0.39 is 0 Å². The van der Waals surface area contributed by atoms with Crippen LogP contribution in [0.15, 0.2) is 30.6 Å². The van der Waals surface area contributed by atoms with Crippen molar-refractivity contribution in [3.8, 4) is 0 Å². The molecule has 0 bridgehead atoms. The van der Waals surface area contributed by atoms with Crippen molar-refractivity contribution in [1.82, 2.24) is 4.98 Å². The zero-order chi connectivity index (χ0) is 10.7. The first-order valence-corrected chi connectivity index (χ1v) is 5.19. The second-order valence-electron chi connectivity index (χ2n) is 3.55. The Morgan fingerprint density at radius 2 is 2.13 bits per heavy atom. The van der Waals surface area contributed by atoms with Crippen LogP contribution in [0.5, 0.6) is 0 Å². The van der Waals surface area contributed by atoms with E-state index in [1.54, 1.807) is 6.20 Å². The maximum Gasteiger partial charge on any atom is 0.0437 e. The van der Waals surface area contributed by atoms with Gasteiger partial charge in [0.25, 0.3) is 0 Å². The highest BCUT2D eigenvalue weighted by molar-refractivity contribution is 6.00. The molecule has 3 N–H and O–H groups in total. The summed E-state index contributed by atoms with van der Waals surface area (Å²) in [5.41, 5.74) is 7.80. The van der Waals surface area contributed by atoms with Crippen molar-refractivity contribution in [2.24, 2.45) is 0 Å². The lowest BCUT2D eigenvalue weighted by Gasteiger charge is -2.09. The number of pyridine rings is 1. The Morgan fingerprint density at radius 3 is 2.93 bits per heavy atom. The average molecular weight is 201 g/mol. The predicted molar refractivity (Wildman–Crippen MR) is 64.9 cm³/mol. The van der Waals surface area contributed by atoms with E-state index in [0.29, 0.717) is 0 Å². The Kier molecular flexibility index (Phi) is 2.72. The largest absolute Gasteiger partial charge is 0.398 e. The number of nitrogen functional groups attached to an aromatic ring is 1. The first-order chi connectivity index (χ1) is 7.33. The van der Waals surface area contributed by atoms with Crippen molar-refractivity contribution in [2.45, 2.75) is 13.3 Å². The molecule has 0 aliphatic carbocycles. The van der Waals surface area contributed by atoms with Crippen LogP contribution in [0.4, 0.5) is 11.4 Å². The number of anilines is 2. The number of hydrogen-bond donors (Lipinski definition) is 2. The van der Waals surface area contributed by atoms with Crippen molar-refractivity contribution in [1.29, 1.82) is 0 Å². The van der Waals surface area contributed by atoms with Gasteiger partial charge in [-0.05, 0) is 24.6 Å². The predicted octanol–water partition coefficient (Wildman–Crippen LogP) is 2.64. The highest BCUT2D eigenvalue weighted by Gasteiger charge is 2.02. The number of hydrogen-bond acceptors (Lipinski definition) is 3. The molecule has 2 rings (SSSR count). The number of aromatic nitrogens is 1. The zero-order valence-corrected chi connectivity index (χ0v) is 8.83. The molecule has 0 aliphatic heterocycles. The standard InChI is InChI=1S/C12H15N3/c1-2-6-15-12-4-3-11(13)9-5-7-14-8-10(9)12/h3-5,7-8,15H,2,6,13H2,1H3. The van der Waals surface area contributed by atoms with Crippen LogP contribution in [0.3, 0.4) is 0 Å². The Morgan fingerprint density at radius 1 is 1.27 bits per heavy atom. The number of benzene rings is 1. The molecule has 1 aromatic heterocycles. The summed E-state index contributed by atoms with van der Waals surface area (Å²) in [6.07, 6.45) is 4.72. The molecule has 0 saturated carbocycles. The van der Waals surface area contributed by atoms with Crippen LogP contribution in [0.25, 0.3) is 10.8 Å². The summed E-state index contributed by atoms with van der Waals surface area (Å²) in [4.78, 5) is 4.13. The fraction of sp³-hybridized carbons (Fsp3) is 0.250. The van der Waals surface area contributed by atoms with Crippen LogP contribution >= 0.6 is 0 Å². The van der Waals surface area contributed by atoms with E-state index in [9.17, 15) is 0 Å². The topological polar surface area (TPSA) is 50.9 Å². The highest BCUT2D eigenvalue weighted by Crippen LogP contribution is 2.27. The molecule has 0 fully saturated rings. The van der Waals surface area contributed by atoms with Crippen LogP contribution in [0, 0.1) is 0 Å². The highest BCUT2D eigenvalue weighted by atomic mass is 14.9. The van der Waals surface area contributed by atoms with Crippen LogP contribution in [0.2, 0.25) is 0 Å². The summed E-state index contributed by atoms with van der Waals surface area (Å²) >= 11 is 0. The maximum absolute atomic E-state index is 5.90. The zero-order valence-electron chi connectivity index (χ0n) is 8.83. The van der Waals surface area contributed by atoms with E-state index in [1.165, 1.54) is 0 Å². The van der Waals surface area contributed by atoms with Crippen molar-refractivity contribution >= 4 is 22.1 Å². The molecule has 1 aromatic carbocycles. The smallest absolute Gasteiger partial charge is 0.0437 e. The molecule has 3 heteroatoms. The summed E-state index contributed by atoms with van der Waals surface area (Å²) in [5, 5.41) is 5.52. The van der Waals surface area contributed by atoms with Gasteiger partial charge in [0.15, 0.2) is 0 Å². The number of nitrogens with one attached hydrogen (secondary N) is 1. The fourth-order valence-electron chi connectivity index (χ4n) is 1.63. The molecular formula is C12H15N3. The van der Waals surface area contributed by atoms with Gasteiger partial charge < -0.3 is 11.1 Å². The molecule has 0 radical (unpaired) electrons. The van der Waals surface area contributed by atoms with Gasteiger partial charge in [0.1, 0.15) is 0 Å². The van der Waals surface area contributed by atoms with E-state index >= 15 is 0 Å². The first kappa shape index (κ1) is 9.77. The third-order valence-corrected chi connectivity index (χ3v) is 2.42. The minimum absolute atomic E-state index is 0.800. The molecule has 0 amide bonds. The molecule has 0 spiro atoms. The van der Waals surface area contributed by atoms with Gasteiger partial charge in [0, 0.05) is 41.1 Å². The van der Waals surface area contributed by atoms with Crippen LogP contribution in [-0.4, -0.2) is 11.5 Å². The molecule has 0 aliphatic rings. The van der Waals surface area contributed by atoms with Crippen molar-refractivity contribution in [2.75, 3.05) is 17.6 Å². The molecular weight excluding hydrogens is 186 g/mol. The van der Waals surface area contributed by atoms with E-state index in [0.717, 1.165) is 35.1 Å². The Hall–Kier alpha value is -1.77. The lowest BCUT2D eigenvalue weighted by molar-refractivity contribution is 0.981. The van der Waals surface area contributed by atoms with Gasteiger partial charge in [-0.15, -0.1) is 0 Å². The molecule has 0 saturated heterocycles. The van der Waals surface area contributed by atoms with Crippen LogP contribution in [0.1, 0.15) is 13.3 Å². The summed E-state index contributed by atoms with van der Waals surface area (Å²) in [6.45, 7) is 3.11. The maximum atomic E-state index is 5.90. The lowest BCUT2D eigenvalue weighted by atomic mass is 10.1. The molecule has 2 aromatic rings. The molecule has 0 atom stereocenters. The molecule has 3 nitrogen and oxygen atoms in total. The molecule has 1 heterocycles. The Balaban J connectivity index is 2.51. The number of rotatable bonds is 3. The summed E-state index contributed by atoms with van der Waals surface area (Å²) in [6, 6.07) is 5.89. The van der Waals surface area contributed by atoms with Crippen LogP contribution < -0.4 is 11.1 Å². The molecule has 0 unspecified atom stereocenters. The SMILES string of the molecule is CCCNc1ccc(N)c2ccncc12. The number of fused-ring (bicyclic) bond motifs is 1. The second-order valence-corrected chi connectivity index (χ2v) is 3.55. The molecule has 78 valence electrons. The van der Waals surface area contributed by atoms with E-state index in [-0.39, 0.29) is 0 Å². The van der Waals surface area contributed by atoms with Gasteiger partial charge in [0.05, 0.1) is 0 Å². The van der Waals surface area contributed by atoms with Gasteiger partial charge in [-0.1, -0.05) is 6.92 Å². The lowest BCUT2D eigenvalue weighted by Crippen LogP contribution is -2.01. The summed E-state index contributed by atoms with van der Waals surface area (Å²) in [5.74, 6) is 0. The third kappa shape index (κ3) is 1.86.